The molecule has 0 bridgehead atoms. The van der Waals surface area contributed by atoms with Gasteiger partial charge >= 0.3 is 6.09 Å². The van der Waals surface area contributed by atoms with E-state index in [9.17, 15) is 24.3 Å². The summed E-state index contributed by atoms with van der Waals surface area (Å²) in [5, 5.41) is 20.6. The number of aliphatic hydroxyl groups excluding tert-OH is 1. The van der Waals surface area contributed by atoms with Gasteiger partial charge in [-0.1, -0.05) is 26.0 Å². The Hall–Kier alpha value is -3.14. The molecule has 0 aliphatic heterocycles. The van der Waals surface area contributed by atoms with Crippen molar-refractivity contribution in [3.63, 3.8) is 0 Å². The summed E-state index contributed by atoms with van der Waals surface area (Å²) in [6.45, 7) is 11.7. The maximum absolute atomic E-state index is 12.4. The van der Waals surface area contributed by atoms with Gasteiger partial charge in [-0.15, -0.1) is 0 Å². The molecule has 1 unspecified atom stereocenters. The first-order valence-corrected chi connectivity index (χ1v) is 10.8. The van der Waals surface area contributed by atoms with Crippen LogP contribution < -0.4 is 21.3 Å². The Bertz CT molecular complexity index is 832. The van der Waals surface area contributed by atoms with Gasteiger partial charge in [0.2, 0.25) is 17.7 Å². The van der Waals surface area contributed by atoms with Gasteiger partial charge in [0.15, 0.2) is 0 Å². The predicted octanol–water partition coefficient (Wildman–Crippen LogP) is 1.85. The Kier molecular flexibility index (Phi) is 10.3. The van der Waals surface area contributed by atoms with E-state index in [1.54, 1.807) is 65.8 Å². The molecule has 3 atom stereocenters. The quantitative estimate of drug-likeness (QED) is 0.377. The zero-order valence-electron chi connectivity index (χ0n) is 20.3. The number of nitrogens with one attached hydrogen (secondary N) is 4. The Morgan fingerprint density at radius 2 is 1.55 bits per heavy atom. The normalized spacial score (nSPS) is 14.0. The van der Waals surface area contributed by atoms with E-state index in [1.165, 1.54) is 6.92 Å². The second kappa shape index (κ2) is 12.2. The van der Waals surface area contributed by atoms with Gasteiger partial charge < -0.3 is 31.1 Å². The topological polar surface area (TPSA) is 146 Å². The summed E-state index contributed by atoms with van der Waals surface area (Å²) in [4.78, 5) is 47.9. The lowest BCUT2D eigenvalue weighted by Crippen LogP contribution is -2.53. The van der Waals surface area contributed by atoms with Crippen LogP contribution in [0.15, 0.2) is 24.3 Å². The van der Waals surface area contributed by atoms with E-state index in [0.29, 0.717) is 11.3 Å². The van der Waals surface area contributed by atoms with Crippen LogP contribution in [0.1, 0.15) is 60.1 Å². The molecule has 0 radical (unpaired) electrons. The van der Waals surface area contributed by atoms with E-state index in [-0.39, 0.29) is 18.4 Å². The minimum absolute atomic E-state index is 0.0327. The smallest absolute Gasteiger partial charge is 0.407 e. The largest absolute Gasteiger partial charge is 0.444 e. The van der Waals surface area contributed by atoms with Gasteiger partial charge in [-0.05, 0) is 51.3 Å². The highest BCUT2D eigenvalue weighted by Crippen LogP contribution is 2.16. The molecule has 1 aromatic carbocycles. The van der Waals surface area contributed by atoms with Gasteiger partial charge in [-0.25, -0.2) is 4.79 Å². The molecule has 184 valence electrons. The third-order valence-electron chi connectivity index (χ3n) is 4.46. The van der Waals surface area contributed by atoms with Crippen molar-refractivity contribution < 1.29 is 29.0 Å². The number of carbonyl (C=O) groups is 4. The van der Waals surface area contributed by atoms with Crippen LogP contribution in [0.4, 0.5) is 10.5 Å². The maximum atomic E-state index is 12.4. The summed E-state index contributed by atoms with van der Waals surface area (Å²) in [5.41, 5.74) is 0.380. The number of hydrogen-bond donors (Lipinski definition) is 5. The van der Waals surface area contributed by atoms with E-state index >= 15 is 0 Å². The summed E-state index contributed by atoms with van der Waals surface area (Å²) >= 11 is 0. The van der Waals surface area contributed by atoms with Crippen molar-refractivity contribution in [2.24, 2.45) is 5.92 Å². The van der Waals surface area contributed by atoms with Crippen LogP contribution in [0.5, 0.6) is 0 Å². The van der Waals surface area contributed by atoms with Crippen LogP contribution >= 0.6 is 0 Å². The number of alkyl carbamates (subject to hydrolysis) is 1. The molecule has 1 rings (SSSR count). The average molecular weight is 465 g/mol. The van der Waals surface area contributed by atoms with Crippen molar-refractivity contribution in [3.05, 3.63) is 29.8 Å². The second-order valence-electron chi connectivity index (χ2n) is 9.16. The number of aliphatic hydroxyl groups is 1. The minimum atomic E-state index is -0.956. The van der Waals surface area contributed by atoms with Crippen LogP contribution in [0.25, 0.3) is 0 Å². The fourth-order valence-electron chi connectivity index (χ4n) is 2.77. The predicted molar refractivity (Wildman–Crippen MR) is 124 cm³/mol. The molecule has 0 fully saturated rings. The first-order chi connectivity index (χ1) is 15.2. The van der Waals surface area contributed by atoms with E-state index in [2.05, 4.69) is 21.3 Å². The Balaban J connectivity index is 2.61. The lowest BCUT2D eigenvalue weighted by molar-refractivity contribution is -0.131. The highest BCUT2D eigenvalue weighted by atomic mass is 16.6. The van der Waals surface area contributed by atoms with Gasteiger partial charge in [0.1, 0.15) is 17.7 Å². The second-order valence-corrected chi connectivity index (χ2v) is 9.16. The maximum Gasteiger partial charge on any atom is 0.407 e. The molecule has 0 saturated carbocycles. The SMILES string of the molecule is CC(=O)N[C@H](C(=O)N[C@@H](C)C(=O)Nc1ccc(C(O)CNC(=O)OC(C)(C)C)cc1)C(C)C. The van der Waals surface area contributed by atoms with Crippen molar-refractivity contribution in [1.29, 1.82) is 0 Å². The fourth-order valence-corrected chi connectivity index (χ4v) is 2.77. The molecular formula is C23H36N4O6. The molecule has 0 aliphatic rings. The van der Waals surface area contributed by atoms with Gasteiger partial charge in [-0.2, -0.15) is 0 Å². The molecule has 0 spiro atoms. The van der Waals surface area contributed by atoms with Crippen molar-refractivity contribution >= 4 is 29.5 Å². The summed E-state index contributed by atoms with van der Waals surface area (Å²) in [6.07, 6.45) is -1.58. The number of ether oxygens (including phenoxy) is 1. The van der Waals surface area contributed by atoms with Crippen LogP contribution in [-0.4, -0.2) is 53.2 Å². The van der Waals surface area contributed by atoms with E-state index in [0.717, 1.165) is 0 Å². The summed E-state index contributed by atoms with van der Waals surface area (Å²) < 4.78 is 5.12. The molecule has 0 saturated heterocycles. The van der Waals surface area contributed by atoms with Gasteiger partial charge in [0.05, 0.1) is 12.6 Å². The van der Waals surface area contributed by atoms with Gasteiger partial charge in [0.25, 0.3) is 0 Å². The van der Waals surface area contributed by atoms with E-state index in [4.69, 9.17) is 4.74 Å². The molecule has 1 aromatic rings. The summed E-state index contributed by atoms with van der Waals surface area (Å²) in [7, 11) is 0. The Morgan fingerprint density at radius 1 is 0.970 bits per heavy atom. The highest BCUT2D eigenvalue weighted by Gasteiger charge is 2.26. The van der Waals surface area contributed by atoms with Crippen molar-refractivity contribution in [2.45, 2.75) is 72.3 Å². The first-order valence-electron chi connectivity index (χ1n) is 10.8. The minimum Gasteiger partial charge on any atom is -0.444 e. The number of carbonyl (C=O) groups excluding carboxylic acids is 4. The Labute approximate surface area is 194 Å². The number of amides is 4. The molecular weight excluding hydrogens is 428 g/mol. The molecule has 0 aromatic heterocycles. The molecule has 4 amide bonds. The van der Waals surface area contributed by atoms with Crippen molar-refractivity contribution in [1.82, 2.24) is 16.0 Å². The zero-order valence-corrected chi connectivity index (χ0v) is 20.3. The number of rotatable bonds is 9. The van der Waals surface area contributed by atoms with Crippen LogP contribution in [0.2, 0.25) is 0 Å². The lowest BCUT2D eigenvalue weighted by Gasteiger charge is -2.23. The van der Waals surface area contributed by atoms with Crippen LogP contribution in [-0.2, 0) is 19.1 Å². The molecule has 0 heterocycles. The van der Waals surface area contributed by atoms with Gasteiger partial charge in [0, 0.05) is 12.6 Å². The fraction of sp³-hybridized carbons (Fsp3) is 0.565. The highest BCUT2D eigenvalue weighted by molar-refractivity contribution is 5.98. The third-order valence-corrected chi connectivity index (χ3v) is 4.46. The van der Waals surface area contributed by atoms with E-state index < -0.39 is 41.7 Å². The monoisotopic (exact) mass is 464 g/mol. The molecule has 5 N–H and O–H groups in total. The Morgan fingerprint density at radius 3 is 2.03 bits per heavy atom. The molecule has 10 nitrogen and oxygen atoms in total. The van der Waals surface area contributed by atoms with Gasteiger partial charge in [-0.3, -0.25) is 14.4 Å². The lowest BCUT2D eigenvalue weighted by atomic mass is 10.0. The van der Waals surface area contributed by atoms with Crippen LogP contribution in [0.3, 0.4) is 0 Å². The average Bonchev–Trinajstić information content (AvgIpc) is 2.69. The van der Waals surface area contributed by atoms with E-state index in [1.807, 2.05) is 0 Å². The standard InChI is InChI=1S/C23H36N4O6/c1-13(2)19(26-15(4)28)21(31)25-14(3)20(30)27-17-10-8-16(9-11-17)18(29)12-24-22(32)33-23(5,6)7/h8-11,13-14,18-19,29H,12H2,1-7H3,(H,24,32)(H,25,31)(H,26,28)(H,27,30)/t14-,18?,19-/m0/s1. The van der Waals surface area contributed by atoms with Crippen molar-refractivity contribution in [3.8, 4) is 0 Å². The molecule has 0 aliphatic carbocycles. The zero-order chi connectivity index (χ0) is 25.3. The number of anilines is 1. The molecule has 10 heteroatoms. The summed E-state index contributed by atoms with van der Waals surface area (Å²) in [6, 6.07) is 4.86. The van der Waals surface area contributed by atoms with Crippen molar-refractivity contribution in [2.75, 3.05) is 11.9 Å². The number of benzene rings is 1. The summed E-state index contributed by atoms with van der Waals surface area (Å²) in [5.74, 6) is -1.36. The van der Waals surface area contributed by atoms with Crippen LogP contribution in [0, 0.1) is 5.92 Å². The first kappa shape index (κ1) is 27.9. The number of hydrogen-bond acceptors (Lipinski definition) is 6. The molecule has 33 heavy (non-hydrogen) atoms. The third kappa shape index (κ3) is 10.3.